The van der Waals surface area contributed by atoms with Gasteiger partial charge in [-0.3, -0.25) is 4.79 Å². The molecule has 1 aliphatic heterocycles. The van der Waals surface area contributed by atoms with Crippen LogP contribution in [-0.4, -0.2) is 51.7 Å². The number of carbonyl (C=O) groups is 3. The van der Waals surface area contributed by atoms with E-state index in [1.807, 2.05) is 34.9 Å². The van der Waals surface area contributed by atoms with Crippen LogP contribution in [0.25, 0.3) is 11.3 Å². The van der Waals surface area contributed by atoms with Crippen molar-refractivity contribution in [1.82, 2.24) is 9.47 Å². The van der Waals surface area contributed by atoms with Gasteiger partial charge in [-0.15, -0.1) is 0 Å². The smallest absolute Gasteiger partial charge is 0.341 e. The van der Waals surface area contributed by atoms with E-state index in [0.29, 0.717) is 42.0 Å². The number of nitrogens with two attached hydrogens (primary N) is 2. The summed E-state index contributed by atoms with van der Waals surface area (Å²) in [5.74, 6) is -1.35. The molecule has 0 unspecified atom stereocenters. The maximum absolute atomic E-state index is 12.9. The molecule has 0 saturated heterocycles. The van der Waals surface area contributed by atoms with E-state index in [9.17, 15) is 14.4 Å². The van der Waals surface area contributed by atoms with Gasteiger partial charge >= 0.3 is 12.0 Å². The van der Waals surface area contributed by atoms with E-state index >= 15 is 0 Å². The number of aromatic nitrogens is 1. The molecule has 1 saturated carbocycles. The molecule has 2 aliphatic rings. The highest BCUT2D eigenvalue weighted by atomic mass is 35.5. The number of primary amides is 1. The maximum atomic E-state index is 12.9. The molecule has 0 atom stereocenters. The first-order chi connectivity index (χ1) is 18.7. The van der Waals surface area contributed by atoms with Crippen molar-refractivity contribution in [2.75, 3.05) is 18.5 Å². The number of carbonyl (C=O) groups excluding carboxylic acids is 2. The van der Waals surface area contributed by atoms with E-state index in [0.717, 1.165) is 5.56 Å². The fourth-order valence-electron chi connectivity index (χ4n) is 4.77. The monoisotopic (exact) mass is 553 g/mol. The molecular formula is C28H32ClN5O5. The predicted molar refractivity (Wildman–Crippen MR) is 149 cm³/mol. The summed E-state index contributed by atoms with van der Waals surface area (Å²) in [5.41, 5.74) is 14.0. The SMILES string of the molecule is NC(=O)c1c(Cl)c(-c2ccccc2)n2c1CN(C(=O)Nc1ccc(OCC(=O)O)cc1)CC2.NC1CCCC1. The summed E-state index contributed by atoms with van der Waals surface area (Å²) in [7, 11) is 0. The molecule has 3 amide bonds. The first kappa shape index (κ1) is 28.0. The van der Waals surface area contributed by atoms with Gasteiger partial charge in [-0.05, 0) is 42.7 Å². The van der Waals surface area contributed by atoms with Gasteiger partial charge in [0, 0.05) is 24.8 Å². The third kappa shape index (κ3) is 6.90. The van der Waals surface area contributed by atoms with Crippen LogP contribution in [0.1, 0.15) is 41.7 Å². The Morgan fingerprint density at radius 2 is 1.69 bits per heavy atom. The molecule has 2 heterocycles. The van der Waals surface area contributed by atoms with Gasteiger partial charge in [0.2, 0.25) is 0 Å². The number of rotatable bonds is 6. The van der Waals surface area contributed by atoms with Crippen LogP contribution >= 0.6 is 11.6 Å². The molecule has 3 aromatic rings. The van der Waals surface area contributed by atoms with Crippen LogP contribution in [-0.2, 0) is 17.9 Å². The quantitative estimate of drug-likeness (QED) is 0.357. The Balaban J connectivity index is 0.000000519. The zero-order valence-corrected chi connectivity index (χ0v) is 22.2. The second-order valence-electron chi connectivity index (χ2n) is 9.47. The van der Waals surface area contributed by atoms with Crippen molar-refractivity contribution < 1.29 is 24.2 Å². The number of aliphatic carboxylic acids is 1. The summed E-state index contributed by atoms with van der Waals surface area (Å²) in [5, 5.41) is 11.7. The van der Waals surface area contributed by atoms with Crippen molar-refractivity contribution in [3.05, 3.63) is 70.9 Å². The zero-order valence-electron chi connectivity index (χ0n) is 21.4. The van der Waals surface area contributed by atoms with Crippen LogP contribution in [0.2, 0.25) is 5.02 Å². The number of anilines is 1. The van der Waals surface area contributed by atoms with E-state index in [2.05, 4.69) is 5.32 Å². The van der Waals surface area contributed by atoms with E-state index in [4.69, 9.17) is 32.9 Å². The lowest BCUT2D eigenvalue weighted by Gasteiger charge is -2.30. The largest absolute Gasteiger partial charge is 0.482 e. The Kier molecular flexibility index (Phi) is 9.11. The van der Waals surface area contributed by atoms with E-state index in [-0.39, 0.29) is 23.2 Å². The van der Waals surface area contributed by atoms with Gasteiger partial charge in [0.1, 0.15) is 5.75 Å². The van der Waals surface area contributed by atoms with Gasteiger partial charge in [0.05, 0.1) is 28.5 Å². The number of halogens is 1. The molecule has 1 aliphatic carbocycles. The predicted octanol–water partition coefficient (Wildman–Crippen LogP) is 4.31. The fraction of sp³-hybridized carbons (Fsp3) is 0.321. The van der Waals surface area contributed by atoms with E-state index in [1.54, 1.807) is 29.2 Å². The van der Waals surface area contributed by atoms with Crippen molar-refractivity contribution in [2.24, 2.45) is 11.5 Å². The second kappa shape index (κ2) is 12.7. The first-order valence-corrected chi connectivity index (χ1v) is 13.1. The summed E-state index contributed by atoms with van der Waals surface area (Å²) >= 11 is 6.58. The van der Waals surface area contributed by atoms with Gasteiger partial charge in [0.25, 0.3) is 5.91 Å². The topological polar surface area (TPSA) is 153 Å². The number of benzene rings is 2. The highest BCUT2D eigenvalue weighted by molar-refractivity contribution is 6.36. The molecule has 206 valence electrons. The minimum atomic E-state index is -1.08. The second-order valence-corrected chi connectivity index (χ2v) is 9.85. The molecule has 6 N–H and O–H groups in total. The number of nitrogens with zero attached hydrogens (tertiary/aromatic N) is 2. The van der Waals surface area contributed by atoms with Crippen LogP contribution in [0.15, 0.2) is 54.6 Å². The van der Waals surface area contributed by atoms with Gasteiger partial charge in [-0.25, -0.2) is 9.59 Å². The highest BCUT2D eigenvalue weighted by Gasteiger charge is 2.31. The lowest BCUT2D eigenvalue weighted by Crippen LogP contribution is -2.41. The Labute approximate surface area is 231 Å². The lowest BCUT2D eigenvalue weighted by atomic mass is 10.1. The number of carboxylic acids is 1. The van der Waals surface area contributed by atoms with Gasteiger partial charge in [0.15, 0.2) is 6.61 Å². The van der Waals surface area contributed by atoms with Crippen molar-refractivity contribution in [3.8, 4) is 17.0 Å². The third-order valence-electron chi connectivity index (χ3n) is 6.69. The number of urea groups is 1. The Hall–Kier alpha value is -4.02. The van der Waals surface area contributed by atoms with E-state index < -0.39 is 18.5 Å². The average Bonchev–Trinajstić information content (AvgIpc) is 3.52. The van der Waals surface area contributed by atoms with Gasteiger partial charge in [-0.2, -0.15) is 0 Å². The Morgan fingerprint density at radius 1 is 1.03 bits per heavy atom. The normalized spacial score (nSPS) is 14.7. The Bertz CT molecular complexity index is 1320. The molecule has 1 fully saturated rings. The lowest BCUT2D eigenvalue weighted by molar-refractivity contribution is -0.139. The number of hydrogen-bond acceptors (Lipinski definition) is 5. The molecule has 39 heavy (non-hydrogen) atoms. The zero-order chi connectivity index (χ0) is 27.9. The number of carboxylic acid groups (broad SMARTS) is 1. The van der Waals surface area contributed by atoms with Gasteiger partial charge < -0.3 is 36.1 Å². The number of ether oxygens (including phenoxy) is 1. The molecule has 11 heteroatoms. The van der Waals surface area contributed by atoms with Crippen LogP contribution in [0.3, 0.4) is 0 Å². The standard InChI is InChI=1S/C23H21ClN4O5.C5H11N/c24-20-19(22(25)31)17-12-27(10-11-28(17)21(20)14-4-2-1-3-5-14)23(32)26-15-6-8-16(9-7-15)33-13-18(29)30;6-5-3-1-2-4-5/h1-9H,10-13H2,(H2,25,31)(H,26,32)(H,29,30);5H,1-4,6H2. The van der Waals surface area contributed by atoms with Gasteiger partial charge in [-0.1, -0.05) is 54.8 Å². The summed E-state index contributed by atoms with van der Waals surface area (Å²) in [4.78, 5) is 37.2. The summed E-state index contributed by atoms with van der Waals surface area (Å²) < 4.78 is 7.03. The summed E-state index contributed by atoms with van der Waals surface area (Å²) in [6.45, 7) is 0.564. The van der Waals surface area contributed by atoms with Crippen LogP contribution in [0.4, 0.5) is 10.5 Å². The molecule has 1 aromatic heterocycles. The molecule has 0 spiro atoms. The Morgan fingerprint density at radius 3 is 2.26 bits per heavy atom. The maximum Gasteiger partial charge on any atom is 0.341 e. The van der Waals surface area contributed by atoms with Crippen LogP contribution < -0.4 is 21.5 Å². The minimum Gasteiger partial charge on any atom is -0.482 e. The van der Waals surface area contributed by atoms with Crippen molar-refractivity contribution in [3.63, 3.8) is 0 Å². The first-order valence-electron chi connectivity index (χ1n) is 12.8. The number of hydrogen-bond donors (Lipinski definition) is 4. The number of fused-ring (bicyclic) bond motifs is 1. The molecule has 5 rings (SSSR count). The molecule has 0 radical (unpaired) electrons. The summed E-state index contributed by atoms with van der Waals surface area (Å²) in [6.07, 6.45) is 5.25. The number of amides is 3. The van der Waals surface area contributed by atoms with Crippen molar-refractivity contribution in [2.45, 2.75) is 44.8 Å². The molecule has 0 bridgehead atoms. The molecular weight excluding hydrogens is 522 g/mol. The summed E-state index contributed by atoms with van der Waals surface area (Å²) in [6, 6.07) is 16.0. The molecule has 10 nitrogen and oxygen atoms in total. The number of nitrogens with one attached hydrogen (secondary N) is 1. The highest BCUT2D eigenvalue weighted by Crippen LogP contribution is 2.37. The molecule has 2 aromatic carbocycles. The minimum absolute atomic E-state index is 0.163. The van der Waals surface area contributed by atoms with Crippen molar-refractivity contribution in [1.29, 1.82) is 0 Å². The van der Waals surface area contributed by atoms with E-state index in [1.165, 1.54) is 25.7 Å². The average molecular weight is 554 g/mol. The van der Waals surface area contributed by atoms with Crippen molar-refractivity contribution >= 4 is 35.2 Å². The fourth-order valence-corrected chi connectivity index (χ4v) is 5.18. The van der Waals surface area contributed by atoms with Crippen LogP contribution in [0.5, 0.6) is 5.75 Å². The third-order valence-corrected chi connectivity index (χ3v) is 7.06. The van der Waals surface area contributed by atoms with Crippen LogP contribution in [0, 0.1) is 0 Å².